The van der Waals surface area contributed by atoms with Gasteiger partial charge in [-0.15, -0.1) is 0 Å². The van der Waals surface area contributed by atoms with Crippen molar-refractivity contribution in [2.45, 2.75) is 149 Å². The summed E-state index contributed by atoms with van der Waals surface area (Å²) in [6, 6.07) is 29.7. The summed E-state index contributed by atoms with van der Waals surface area (Å²) in [5.41, 5.74) is 4.68. The van der Waals surface area contributed by atoms with Crippen LogP contribution in [0.5, 0.6) is 11.5 Å². The van der Waals surface area contributed by atoms with Gasteiger partial charge in [-0.05, 0) is 134 Å². The molecule has 2 aromatic heterocycles. The van der Waals surface area contributed by atoms with Crippen molar-refractivity contribution in [2.75, 3.05) is 47.6 Å². The molecule has 6 rings (SSSR count). The van der Waals surface area contributed by atoms with Crippen molar-refractivity contribution in [1.29, 1.82) is 0 Å². The highest BCUT2D eigenvalue weighted by Gasteiger charge is 2.34. The standard InChI is InChI=1S/C33H42FN3O7.C26H37N3O8.C7H8FN/c1-6-37(32(41)44-33(2,3)4)26(18-17-25(42-5)21-43-20-23-10-8-7-9-11-23)30-35-28(29(39)31(40)36-30)27(38)19-14-22-12-15-24(34)16-13-22;1-7-29(25(33)37-26(2,3)4)19(22-27-20(24(32)35-6)21(30)23(31)28-22)14-13-18(34-5)16-36-15-17-11-9-8-10-12-17;8-7-3-1-6(5-9)2-4-7/h7-13,15-16,25-26,39H,6,14,17-21H2,1-5H3,(H,35,36,40);8-12,18-19,30H,7,13-16H2,1-6H3,(H,27,28,31);1-4H,5,9H2/t25-,26?;18-,19?;/m00./s1. The Morgan fingerprint density at radius 1 is 0.567 bits per heavy atom. The molecule has 6 N–H and O–H groups in total. The number of ketones is 1. The van der Waals surface area contributed by atoms with Gasteiger partial charge in [0, 0.05) is 40.3 Å². The zero-order chi connectivity index (χ0) is 66.6. The molecule has 0 bridgehead atoms. The van der Waals surface area contributed by atoms with E-state index in [2.05, 4.69) is 24.7 Å². The molecule has 490 valence electrons. The average molecular weight is 1260 g/mol. The molecule has 2 unspecified atom stereocenters. The van der Waals surface area contributed by atoms with E-state index >= 15 is 0 Å². The van der Waals surface area contributed by atoms with E-state index in [-0.39, 0.29) is 75.1 Å². The first-order valence-electron chi connectivity index (χ1n) is 29.5. The first-order chi connectivity index (χ1) is 42.7. The number of aromatic nitrogens is 4. The van der Waals surface area contributed by atoms with Gasteiger partial charge < -0.3 is 59.1 Å². The molecule has 0 aliphatic heterocycles. The molecule has 0 fully saturated rings. The second-order valence-corrected chi connectivity index (χ2v) is 22.6. The number of aromatic hydroxyl groups is 2. The third kappa shape index (κ3) is 24.9. The van der Waals surface area contributed by atoms with Gasteiger partial charge in [-0.1, -0.05) is 84.9 Å². The lowest BCUT2D eigenvalue weighted by Crippen LogP contribution is -2.41. The fourth-order valence-corrected chi connectivity index (χ4v) is 8.83. The van der Waals surface area contributed by atoms with E-state index < -0.39 is 87.0 Å². The molecule has 0 saturated heterocycles. The molecular weight excluding hydrogens is 1170 g/mol. The summed E-state index contributed by atoms with van der Waals surface area (Å²) < 4.78 is 64.2. The highest BCUT2D eigenvalue weighted by Crippen LogP contribution is 2.30. The maximum absolute atomic E-state index is 13.3. The van der Waals surface area contributed by atoms with Crippen molar-refractivity contribution in [3.05, 3.63) is 187 Å². The Hall–Kier alpha value is -8.42. The number of Topliss-reactive ketones (excluding diaryl/α,β-unsaturated/α-hetero) is 1. The van der Waals surface area contributed by atoms with Gasteiger partial charge in [0.25, 0.3) is 11.1 Å². The quantitative estimate of drug-likeness (QED) is 0.0173. The van der Waals surface area contributed by atoms with Crippen molar-refractivity contribution in [3.63, 3.8) is 0 Å². The van der Waals surface area contributed by atoms with Crippen LogP contribution in [0.2, 0.25) is 0 Å². The van der Waals surface area contributed by atoms with Crippen LogP contribution in [0.3, 0.4) is 0 Å². The van der Waals surface area contributed by atoms with Crippen LogP contribution in [0.15, 0.2) is 119 Å². The van der Waals surface area contributed by atoms with Crippen LogP contribution in [-0.4, -0.2) is 135 Å². The fourth-order valence-electron chi connectivity index (χ4n) is 8.83. The van der Waals surface area contributed by atoms with E-state index in [1.165, 1.54) is 34.1 Å². The van der Waals surface area contributed by atoms with Crippen LogP contribution in [0.1, 0.15) is 154 Å². The normalized spacial score (nSPS) is 12.6. The molecule has 4 atom stereocenters. The minimum atomic E-state index is -0.979. The number of carbonyl (C=O) groups is 4. The molecule has 0 aliphatic rings. The zero-order valence-electron chi connectivity index (χ0n) is 53.2. The number of aromatic amines is 2. The molecule has 0 saturated carbocycles. The number of hydrogen-bond acceptors (Lipinski definition) is 18. The minimum absolute atomic E-state index is 0.0102. The number of amides is 2. The number of nitrogens with two attached hydrogens (primary N) is 1. The predicted octanol–water partition coefficient (Wildman–Crippen LogP) is 10.6. The molecule has 22 nitrogen and oxygen atoms in total. The van der Waals surface area contributed by atoms with Crippen LogP contribution in [-0.2, 0) is 59.3 Å². The molecule has 4 aromatic carbocycles. The Morgan fingerprint density at radius 3 is 1.32 bits per heavy atom. The average Bonchev–Trinajstić information content (AvgIpc) is 1.01. The van der Waals surface area contributed by atoms with Gasteiger partial charge in [0.15, 0.2) is 17.2 Å². The molecule has 0 radical (unpaired) electrons. The lowest BCUT2D eigenvalue weighted by atomic mass is 10.0. The number of methoxy groups -OCH3 is 3. The van der Waals surface area contributed by atoms with Gasteiger partial charge in [0.1, 0.15) is 34.5 Å². The van der Waals surface area contributed by atoms with Crippen molar-refractivity contribution < 1.29 is 71.3 Å². The summed E-state index contributed by atoms with van der Waals surface area (Å²) in [5, 5.41) is 20.6. The molecule has 90 heavy (non-hydrogen) atoms. The van der Waals surface area contributed by atoms with Crippen molar-refractivity contribution in [2.24, 2.45) is 5.73 Å². The molecule has 0 spiro atoms. The number of halogens is 2. The minimum Gasteiger partial charge on any atom is -0.501 e. The first-order valence-corrected chi connectivity index (χ1v) is 29.5. The van der Waals surface area contributed by atoms with Gasteiger partial charge >= 0.3 is 18.2 Å². The Labute approximate surface area is 524 Å². The number of benzene rings is 4. The van der Waals surface area contributed by atoms with Gasteiger partial charge in [0.2, 0.25) is 11.5 Å². The topological polar surface area (TPSA) is 297 Å². The lowest BCUT2D eigenvalue weighted by molar-refractivity contribution is -0.0106. The highest BCUT2D eigenvalue weighted by molar-refractivity contribution is 5.96. The SMILES string of the molecule is CCN(C(=O)OC(C)(C)C)C(CC[C@@H](COCc1ccccc1)OC)c1nc(C(=O)CCc2ccc(F)cc2)c(O)c(=O)[nH]1.CCN(C(=O)OC(C)(C)C)C(CC[C@@H](COCc1ccccc1)OC)c1nc(C(=O)OC)c(O)c(=O)[nH]1.NCc1ccc(F)cc1. The summed E-state index contributed by atoms with van der Waals surface area (Å²) in [6.07, 6.45) is -0.347. The summed E-state index contributed by atoms with van der Waals surface area (Å²) in [7, 11) is 4.24. The Kier molecular flexibility index (Phi) is 30.4. The van der Waals surface area contributed by atoms with E-state index in [9.17, 15) is 47.8 Å². The summed E-state index contributed by atoms with van der Waals surface area (Å²) in [5.74, 6) is -3.78. The molecule has 24 heteroatoms. The summed E-state index contributed by atoms with van der Waals surface area (Å²) in [6.45, 7) is 16.3. The fraction of sp³-hybridized carbons (Fsp3) is 0.455. The molecule has 2 amide bonds. The van der Waals surface area contributed by atoms with E-state index in [4.69, 9.17) is 34.2 Å². The van der Waals surface area contributed by atoms with Gasteiger partial charge in [-0.3, -0.25) is 24.2 Å². The third-order valence-corrected chi connectivity index (χ3v) is 13.5. The number of rotatable bonds is 28. The maximum atomic E-state index is 13.3. The van der Waals surface area contributed by atoms with Crippen LogP contribution in [0.4, 0.5) is 18.4 Å². The number of esters is 1. The number of carbonyl (C=O) groups excluding carboxylic acids is 4. The van der Waals surface area contributed by atoms with Crippen LogP contribution < -0.4 is 16.9 Å². The number of ether oxygens (including phenoxy) is 7. The smallest absolute Gasteiger partial charge is 0.410 e. The van der Waals surface area contributed by atoms with E-state index in [0.717, 1.165) is 23.8 Å². The number of H-pyrrole nitrogens is 2. The van der Waals surface area contributed by atoms with E-state index in [1.807, 2.05) is 60.7 Å². The summed E-state index contributed by atoms with van der Waals surface area (Å²) >= 11 is 0. The highest BCUT2D eigenvalue weighted by atomic mass is 19.1. The molecule has 2 heterocycles. The third-order valence-electron chi connectivity index (χ3n) is 13.5. The molecular formula is C66H87F2N7O15. The van der Waals surface area contributed by atoms with Crippen LogP contribution >= 0.6 is 0 Å². The van der Waals surface area contributed by atoms with Gasteiger partial charge in [-0.2, -0.15) is 0 Å². The Morgan fingerprint density at radius 2 is 0.956 bits per heavy atom. The Bertz CT molecular complexity index is 3290. The zero-order valence-corrected chi connectivity index (χ0v) is 53.2. The number of nitrogens with zero attached hydrogens (tertiary/aromatic N) is 4. The number of aryl methyl sites for hydroxylation is 1. The Balaban J connectivity index is 0.000000340. The van der Waals surface area contributed by atoms with Crippen LogP contribution in [0.25, 0.3) is 0 Å². The monoisotopic (exact) mass is 1260 g/mol. The largest absolute Gasteiger partial charge is 0.501 e. The van der Waals surface area contributed by atoms with Crippen molar-refractivity contribution >= 4 is 23.9 Å². The van der Waals surface area contributed by atoms with E-state index in [1.54, 1.807) is 93.9 Å². The van der Waals surface area contributed by atoms with Crippen molar-refractivity contribution in [1.82, 2.24) is 29.7 Å². The van der Waals surface area contributed by atoms with Gasteiger partial charge in [-0.25, -0.2) is 33.1 Å². The second-order valence-electron chi connectivity index (χ2n) is 22.6. The number of hydrogen-bond donors (Lipinski definition) is 5. The molecule has 0 aliphatic carbocycles. The molecule has 6 aromatic rings. The lowest BCUT2D eigenvalue weighted by Gasteiger charge is -2.33. The number of nitrogens with one attached hydrogen (secondary N) is 2. The second kappa shape index (κ2) is 36.9. The van der Waals surface area contributed by atoms with Crippen LogP contribution in [0, 0.1) is 11.6 Å². The van der Waals surface area contributed by atoms with Crippen molar-refractivity contribution in [3.8, 4) is 11.5 Å². The maximum Gasteiger partial charge on any atom is 0.410 e. The van der Waals surface area contributed by atoms with E-state index in [0.29, 0.717) is 44.8 Å². The van der Waals surface area contributed by atoms with Gasteiger partial charge in [0.05, 0.1) is 57.8 Å². The predicted molar refractivity (Wildman–Crippen MR) is 333 cm³/mol. The summed E-state index contributed by atoms with van der Waals surface area (Å²) in [4.78, 5) is 93.3. The first kappa shape index (κ1) is 74.0.